The number of nitrogens with zero attached hydrogens (tertiary/aromatic N) is 1. The van der Waals surface area contributed by atoms with Crippen molar-refractivity contribution in [2.45, 2.75) is 27.2 Å². The van der Waals surface area contributed by atoms with Crippen LogP contribution in [0.5, 0.6) is 5.75 Å². The highest BCUT2D eigenvalue weighted by Gasteiger charge is 2.12. The van der Waals surface area contributed by atoms with Crippen LogP contribution in [-0.2, 0) is 0 Å². The fourth-order valence-corrected chi connectivity index (χ4v) is 4.28. The number of thiophene rings is 1. The Hall–Kier alpha value is -2.86. The second-order valence-electron chi connectivity index (χ2n) is 6.64. The minimum Gasteiger partial charge on any atom is -0.494 e. The molecule has 2 N–H and O–H groups in total. The average molecular weight is 379 g/mol. The van der Waals surface area contributed by atoms with E-state index in [1.807, 2.05) is 38.1 Å². The number of rotatable bonds is 4. The van der Waals surface area contributed by atoms with Crippen LogP contribution in [0.15, 0.2) is 23.2 Å². The van der Waals surface area contributed by atoms with Crippen LogP contribution in [0.4, 0.5) is 0 Å². The molecule has 0 amide bonds. The van der Waals surface area contributed by atoms with Crippen molar-refractivity contribution in [1.82, 2.24) is 9.97 Å². The average Bonchev–Trinajstić information content (AvgIpc) is 3.37. The van der Waals surface area contributed by atoms with Crippen LogP contribution < -0.4 is 25.3 Å². The van der Waals surface area contributed by atoms with Crippen LogP contribution >= 0.6 is 11.3 Å². The molecule has 1 aliphatic rings. The number of fused-ring (bicyclic) bond motifs is 1. The Bertz CT molecular complexity index is 1250. The predicted octanol–water partition coefficient (Wildman–Crippen LogP) is 1.67. The van der Waals surface area contributed by atoms with Crippen molar-refractivity contribution >= 4 is 35.0 Å². The van der Waals surface area contributed by atoms with E-state index in [4.69, 9.17) is 4.74 Å². The number of Topliss-reactive ketones (excluding diaryl/α,β-unsaturated/α-hetero) is 1. The number of ether oxygens (including phenoxy) is 1. The topological polar surface area (TPSA) is 70.2 Å². The van der Waals surface area contributed by atoms with Crippen molar-refractivity contribution in [3.63, 3.8) is 0 Å². The van der Waals surface area contributed by atoms with E-state index in [2.05, 4.69) is 28.0 Å². The smallest absolute Gasteiger partial charge is 0.172 e. The second-order valence-corrected chi connectivity index (χ2v) is 7.72. The summed E-state index contributed by atoms with van der Waals surface area (Å²) in [7, 11) is 1.66. The zero-order chi connectivity index (χ0) is 19.1. The van der Waals surface area contributed by atoms with Crippen LogP contribution in [0, 0.1) is 13.8 Å². The van der Waals surface area contributed by atoms with E-state index >= 15 is 0 Å². The minimum absolute atomic E-state index is 0.162. The number of hydrogen-bond acceptors (Lipinski definition) is 4. The fraction of sp³-hybridized carbons (Fsp3) is 0.238. The van der Waals surface area contributed by atoms with Crippen molar-refractivity contribution < 1.29 is 9.53 Å². The summed E-state index contributed by atoms with van der Waals surface area (Å²) in [6.45, 7) is 6.00. The van der Waals surface area contributed by atoms with Gasteiger partial charge in [-0.05, 0) is 43.7 Å². The first-order valence-corrected chi connectivity index (χ1v) is 9.69. The van der Waals surface area contributed by atoms with Gasteiger partial charge in [0.25, 0.3) is 0 Å². The highest BCUT2D eigenvalue weighted by Crippen LogP contribution is 2.12. The molecule has 0 atom stereocenters. The maximum Gasteiger partial charge on any atom is 0.172 e. The van der Waals surface area contributed by atoms with E-state index in [1.165, 1.54) is 16.9 Å². The van der Waals surface area contributed by atoms with E-state index in [1.54, 1.807) is 7.11 Å². The van der Waals surface area contributed by atoms with Gasteiger partial charge in [0, 0.05) is 23.9 Å². The van der Waals surface area contributed by atoms with Gasteiger partial charge < -0.3 is 14.7 Å². The first kappa shape index (κ1) is 17.5. The number of ketones is 1. The Morgan fingerprint density at radius 1 is 1.26 bits per heavy atom. The van der Waals surface area contributed by atoms with Crippen LogP contribution in [0.2, 0.25) is 0 Å². The molecular weight excluding hydrogens is 358 g/mol. The molecule has 0 aromatic carbocycles. The molecule has 0 fully saturated rings. The van der Waals surface area contributed by atoms with Gasteiger partial charge in [-0.1, -0.05) is 6.92 Å². The summed E-state index contributed by atoms with van der Waals surface area (Å²) < 4.78 is 6.57. The molecule has 138 valence electrons. The Kier molecular flexibility index (Phi) is 4.36. The molecule has 0 saturated carbocycles. The van der Waals surface area contributed by atoms with Gasteiger partial charge in [0.1, 0.15) is 5.75 Å². The predicted molar refractivity (Wildman–Crippen MR) is 108 cm³/mol. The highest BCUT2D eigenvalue weighted by molar-refractivity contribution is 7.12. The lowest BCUT2D eigenvalue weighted by Crippen LogP contribution is -2.13. The zero-order valence-corrected chi connectivity index (χ0v) is 16.6. The van der Waals surface area contributed by atoms with Crippen molar-refractivity contribution in [2.75, 3.05) is 7.11 Å². The molecule has 3 aromatic heterocycles. The zero-order valence-electron chi connectivity index (χ0n) is 15.8. The Morgan fingerprint density at radius 2 is 2.07 bits per heavy atom. The SMILES string of the molecule is CCC(=O)c1cc2c(s1)=CC(=c1cc(OC)/c(=C/c3[nH]c(C)cc3C)[nH]1)N=2. The maximum atomic E-state index is 11.9. The third kappa shape index (κ3) is 3.17. The van der Waals surface area contributed by atoms with Crippen molar-refractivity contribution in [2.24, 2.45) is 4.99 Å². The third-order valence-corrected chi connectivity index (χ3v) is 5.74. The lowest BCUT2D eigenvalue weighted by atomic mass is 10.2. The number of carbonyl (C=O) groups excluding carboxylic acids is 1. The molecule has 0 unspecified atom stereocenters. The summed E-state index contributed by atoms with van der Waals surface area (Å²) in [4.78, 5) is 24.1. The molecule has 0 aliphatic carbocycles. The maximum absolute atomic E-state index is 11.9. The van der Waals surface area contributed by atoms with Gasteiger partial charge in [-0.25, -0.2) is 4.99 Å². The lowest BCUT2D eigenvalue weighted by molar-refractivity contribution is 0.0992. The number of hydrogen-bond donors (Lipinski definition) is 2. The first-order valence-electron chi connectivity index (χ1n) is 8.87. The Labute approximate surface area is 160 Å². The van der Waals surface area contributed by atoms with Crippen LogP contribution in [0.3, 0.4) is 0 Å². The standard InChI is InChI=1S/C21H21N3O2S/c1-5-18(25)21-10-17-20(27-21)9-15(24-17)14-8-19(26-4)16(23-14)7-13-11(2)6-12(3)22-13/h6-10,22-23H,5H2,1-4H3/b15-14?,16-7-. The normalized spacial score (nSPS) is 15.5. The molecule has 0 radical (unpaired) electrons. The second kappa shape index (κ2) is 6.70. The number of aromatic amines is 2. The molecular formula is C21H21N3O2S. The molecule has 4 rings (SSSR count). The van der Waals surface area contributed by atoms with Gasteiger partial charge in [0.05, 0.1) is 38.3 Å². The van der Waals surface area contributed by atoms with Gasteiger partial charge in [0.15, 0.2) is 5.78 Å². The van der Waals surface area contributed by atoms with Gasteiger partial charge in [0.2, 0.25) is 0 Å². The minimum atomic E-state index is 0.162. The highest BCUT2D eigenvalue weighted by atomic mass is 32.1. The summed E-state index contributed by atoms with van der Waals surface area (Å²) in [6, 6.07) is 5.96. The lowest BCUT2D eigenvalue weighted by Gasteiger charge is -1.94. The van der Waals surface area contributed by atoms with Gasteiger partial charge in [-0.15, -0.1) is 11.3 Å². The number of nitrogens with one attached hydrogen (secondary N) is 2. The Balaban J connectivity index is 1.83. The molecule has 27 heavy (non-hydrogen) atoms. The number of aryl methyl sites for hydroxylation is 2. The molecule has 0 bridgehead atoms. The van der Waals surface area contributed by atoms with Crippen LogP contribution in [-0.4, -0.2) is 22.9 Å². The largest absolute Gasteiger partial charge is 0.494 e. The van der Waals surface area contributed by atoms with Crippen molar-refractivity contribution in [1.29, 1.82) is 0 Å². The summed E-state index contributed by atoms with van der Waals surface area (Å²) in [5.41, 5.74) is 4.22. The molecule has 1 aliphatic heterocycles. The first-order chi connectivity index (χ1) is 13.0. The molecule has 6 heteroatoms. The molecule has 0 spiro atoms. The summed E-state index contributed by atoms with van der Waals surface area (Å²) >= 11 is 1.50. The van der Waals surface area contributed by atoms with E-state index in [0.717, 1.165) is 48.3 Å². The molecule has 4 heterocycles. The summed E-state index contributed by atoms with van der Waals surface area (Å²) in [5.74, 6) is 0.930. The quantitative estimate of drug-likeness (QED) is 0.677. The fourth-order valence-electron chi connectivity index (χ4n) is 3.23. The Morgan fingerprint density at radius 3 is 2.70 bits per heavy atom. The van der Waals surface area contributed by atoms with E-state index in [9.17, 15) is 4.79 Å². The molecule has 5 nitrogen and oxygen atoms in total. The number of methoxy groups -OCH3 is 1. The molecule has 3 aromatic rings. The third-order valence-electron chi connectivity index (χ3n) is 4.63. The monoisotopic (exact) mass is 379 g/mol. The van der Waals surface area contributed by atoms with E-state index < -0.39 is 0 Å². The van der Waals surface area contributed by atoms with Crippen LogP contribution in [0.1, 0.15) is 40.0 Å². The van der Waals surface area contributed by atoms with Crippen LogP contribution in [0.25, 0.3) is 17.8 Å². The van der Waals surface area contributed by atoms with Gasteiger partial charge in [-0.2, -0.15) is 0 Å². The van der Waals surface area contributed by atoms with Crippen molar-refractivity contribution in [3.05, 3.63) is 60.6 Å². The van der Waals surface area contributed by atoms with E-state index in [0.29, 0.717) is 6.42 Å². The number of aromatic nitrogens is 2. The summed E-state index contributed by atoms with van der Waals surface area (Å²) in [5, 5.41) is 2.65. The number of H-pyrrole nitrogens is 2. The number of carbonyl (C=O) groups is 1. The summed E-state index contributed by atoms with van der Waals surface area (Å²) in [6.07, 6.45) is 4.58. The van der Waals surface area contributed by atoms with Crippen molar-refractivity contribution in [3.8, 4) is 5.75 Å². The van der Waals surface area contributed by atoms with Gasteiger partial charge >= 0.3 is 0 Å². The van der Waals surface area contributed by atoms with Gasteiger partial charge in [-0.3, -0.25) is 4.79 Å². The molecule has 0 saturated heterocycles. The van der Waals surface area contributed by atoms with E-state index in [-0.39, 0.29) is 5.78 Å².